The largest absolute Gasteiger partial charge is 0.444 e. The number of hydrogen-bond donors (Lipinski definition) is 1. The molecule has 1 N–H and O–H groups in total. The van der Waals surface area contributed by atoms with Crippen LogP contribution in [-0.2, 0) is 19.1 Å². The van der Waals surface area contributed by atoms with Crippen molar-refractivity contribution in [3.8, 4) is 0 Å². The van der Waals surface area contributed by atoms with Crippen LogP contribution in [0, 0.1) is 5.92 Å². The zero-order valence-corrected chi connectivity index (χ0v) is 17.7. The number of carbonyl (C=O) groups excluding carboxylic acids is 3. The quantitative estimate of drug-likeness (QED) is 0.560. The predicted molar refractivity (Wildman–Crippen MR) is 101 cm³/mol. The van der Waals surface area contributed by atoms with Gasteiger partial charge in [-0.3, -0.25) is 4.79 Å². The second-order valence-electron chi connectivity index (χ2n) is 8.45. The molecule has 146 valence electrons. The van der Waals surface area contributed by atoms with Gasteiger partial charge in [0.05, 0.1) is 0 Å². The fourth-order valence-corrected chi connectivity index (χ4v) is 3.41. The fraction of sp³-hybridized carbons (Fsp3) is 0.833. The summed E-state index contributed by atoms with van der Waals surface area (Å²) in [6.07, 6.45) is -0.571. The van der Waals surface area contributed by atoms with E-state index in [1.165, 1.54) is 11.8 Å². The van der Waals surface area contributed by atoms with Crippen molar-refractivity contribution in [1.82, 2.24) is 5.32 Å². The van der Waals surface area contributed by atoms with Crippen LogP contribution in [0.4, 0.5) is 4.79 Å². The normalized spacial score (nSPS) is 14.6. The van der Waals surface area contributed by atoms with Gasteiger partial charge in [0.1, 0.15) is 11.6 Å². The van der Waals surface area contributed by atoms with Gasteiger partial charge >= 0.3 is 18.0 Å². The molecule has 6 nitrogen and oxygen atoms in total. The molecule has 0 aromatic carbocycles. The first-order chi connectivity index (χ1) is 11.1. The van der Waals surface area contributed by atoms with E-state index in [0.717, 1.165) is 0 Å². The molecule has 0 aromatic rings. The highest BCUT2D eigenvalue weighted by molar-refractivity contribution is 8.01. The molecule has 0 fully saturated rings. The predicted octanol–water partition coefficient (Wildman–Crippen LogP) is 3.92. The molecule has 0 spiro atoms. The average Bonchev–Trinajstić information content (AvgIpc) is 2.29. The molecular formula is C18H33NO5S. The molecule has 0 aliphatic rings. The molecule has 0 rings (SSSR count). The van der Waals surface area contributed by atoms with Crippen LogP contribution in [0.15, 0.2) is 0 Å². The van der Waals surface area contributed by atoms with Crippen molar-refractivity contribution in [2.24, 2.45) is 5.92 Å². The fourth-order valence-electron chi connectivity index (χ4n) is 1.98. The Morgan fingerprint density at radius 2 is 1.52 bits per heavy atom. The van der Waals surface area contributed by atoms with Gasteiger partial charge in [-0.25, -0.2) is 9.59 Å². The molecule has 0 saturated heterocycles. The Morgan fingerprint density at radius 1 is 1.00 bits per heavy atom. The zero-order valence-electron chi connectivity index (χ0n) is 16.9. The Kier molecular flexibility index (Phi) is 8.99. The molecule has 1 amide bonds. The van der Waals surface area contributed by atoms with Gasteiger partial charge in [0, 0.05) is 16.4 Å². The first-order valence-corrected chi connectivity index (χ1v) is 9.40. The van der Waals surface area contributed by atoms with E-state index in [9.17, 15) is 14.4 Å². The molecule has 0 saturated carbocycles. The minimum absolute atomic E-state index is 0.0824. The van der Waals surface area contributed by atoms with Crippen LogP contribution in [0.2, 0.25) is 0 Å². The van der Waals surface area contributed by atoms with Gasteiger partial charge in [-0.05, 0) is 26.7 Å². The summed E-state index contributed by atoms with van der Waals surface area (Å²) in [4.78, 5) is 36.3. The standard InChI is InChI=1S/C18H33NO5S/c1-11(2)10-13(20)23-15(21)14(12(3)25-18(7,8)9)19-16(22)24-17(4,5)6/h11-12,14H,10H2,1-9H3,(H,19,22)/t12-,14-/m0/s1. The third kappa shape index (κ3) is 11.9. The molecule has 0 aliphatic heterocycles. The molecule has 2 atom stereocenters. The van der Waals surface area contributed by atoms with Gasteiger partial charge in [0.15, 0.2) is 0 Å². The highest BCUT2D eigenvalue weighted by atomic mass is 32.2. The minimum atomic E-state index is -0.977. The van der Waals surface area contributed by atoms with Crippen LogP contribution in [0.5, 0.6) is 0 Å². The van der Waals surface area contributed by atoms with Gasteiger partial charge < -0.3 is 14.8 Å². The number of esters is 2. The van der Waals surface area contributed by atoms with Gasteiger partial charge in [-0.2, -0.15) is 11.8 Å². The maximum atomic E-state index is 12.4. The smallest absolute Gasteiger partial charge is 0.408 e. The zero-order chi connectivity index (χ0) is 20.0. The van der Waals surface area contributed by atoms with Gasteiger partial charge in [0.2, 0.25) is 0 Å². The average molecular weight is 376 g/mol. The molecule has 0 heterocycles. The number of amides is 1. The molecule has 0 bridgehead atoms. The van der Waals surface area contributed by atoms with Gasteiger partial charge in [-0.15, -0.1) is 0 Å². The minimum Gasteiger partial charge on any atom is -0.444 e. The number of thioether (sulfide) groups is 1. The van der Waals surface area contributed by atoms with Crippen LogP contribution in [-0.4, -0.2) is 39.7 Å². The number of nitrogens with one attached hydrogen (secondary N) is 1. The van der Waals surface area contributed by atoms with Crippen molar-refractivity contribution in [2.75, 3.05) is 0 Å². The van der Waals surface area contributed by atoms with E-state index in [-0.39, 0.29) is 22.3 Å². The highest BCUT2D eigenvalue weighted by Gasteiger charge is 2.34. The summed E-state index contributed by atoms with van der Waals surface area (Å²) >= 11 is 1.51. The molecule has 0 unspecified atom stereocenters. The Hall–Kier alpha value is -1.24. The highest BCUT2D eigenvalue weighted by Crippen LogP contribution is 2.30. The van der Waals surface area contributed by atoms with Crippen molar-refractivity contribution in [2.45, 2.75) is 90.4 Å². The summed E-state index contributed by atoms with van der Waals surface area (Å²) in [7, 11) is 0. The third-order valence-electron chi connectivity index (χ3n) is 2.72. The Balaban J connectivity index is 5.14. The summed E-state index contributed by atoms with van der Waals surface area (Å²) in [5, 5.41) is 2.25. The summed E-state index contributed by atoms with van der Waals surface area (Å²) in [5.41, 5.74) is -0.688. The number of carbonyl (C=O) groups is 3. The molecule has 0 aliphatic carbocycles. The molecular weight excluding hydrogens is 342 g/mol. The number of ether oxygens (including phenoxy) is 2. The van der Waals surface area contributed by atoms with Crippen molar-refractivity contribution in [1.29, 1.82) is 0 Å². The van der Waals surface area contributed by atoms with E-state index < -0.39 is 29.7 Å². The SMILES string of the molecule is CC(C)CC(=O)OC(=O)[C@@H](NC(=O)OC(C)(C)C)[C@H](C)SC(C)(C)C. The summed E-state index contributed by atoms with van der Waals surface area (Å²) < 4.78 is 10.0. The van der Waals surface area contributed by atoms with E-state index in [2.05, 4.69) is 5.32 Å². The lowest BCUT2D eigenvalue weighted by molar-refractivity contribution is -0.161. The van der Waals surface area contributed by atoms with Gasteiger partial charge in [-0.1, -0.05) is 41.5 Å². The molecule has 0 radical (unpaired) electrons. The van der Waals surface area contributed by atoms with Crippen LogP contribution in [0.25, 0.3) is 0 Å². The number of rotatable bonds is 6. The summed E-state index contributed by atoms with van der Waals surface area (Å²) in [5.74, 6) is -1.27. The number of hydrogen-bond acceptors (Lipinski definition) is 6. The molecule has 25 heavy (non-hydrogen) atoms. The van der Waals surface area contributed by atoms with Gasteiger partial charge in [0.25, 0.3) is 0 Å². The first-order valence-electron chi connectivity index (χ1n) is 8.52. The van der Waals surface area contributed by atoms with Crippen LogP contribution in [0.3, 0.4) is 0 Å². The van der Waals surface area contributed by atoms with E-state index in [1.54, 1.807) is 20.8 Å². The van der Waals surface area contributed by atoms with Crippen molar-refractivity contribution >= 4 is 29.8 Å². The van der Waals surface area contributed by atoms with E-state index in [1.807, 2.05) is 41.5 Å². The lowest BCUT2D eigenvalue weighted by Gasteiger charge is -2.29. The first kappa shape index (κ1) is 23.8. The van der Waals surface area contributed by atoms with Crippen molar-refractivity contribution < 1.29 is 23.9 Å². The molecule has 7 heteroatoms. The Labute approximate surface area is 155 Å². The topological polar surface area (TPSA) is 81.7 Å². The second kappa shape index (κ2) is 9.46. The number of alkyl carbamates (subject to hydrolysis) is 1. The van der Waals surface area contributed by atoms with Crippen molar-refractivity contribution in [3.63, 3.8) is 0 Å². The maximum Gasteiger partial charge on any atom is 0.408 e. The Morgan fingerprint density at radius 3 is 1.92 bits per heavy atom. The lowest BCUT2D eigenvalue weighted by Crippen LogP contribution is -2.50. The lowest BCUT2D eigenvalue weighted by atomic mass is 10.1. The van der Waals surface area contributed by atoms with E-state index >= 15 is 0 Å². The van der Waals surface area contributed by atoms with Crippen molar-refractivity contribution in [3.05, 3.63) is 0 Å². The second-order valence-corrected chi connectivity index (χ2v) is 10.7. The summed E-state index contributed by atoms with van der Waals surface area (Å²) in [6.45, 7) is 16.8. The Bertz CT molecular complexity index is 477. The van der Waals surface area contributed by atoms with E-state index in [4.69, 9.17) is 9.47 Å². The molecule has 0 aromatic heterocycles. The van der Waals surface area contributed by atoms with E-state index in [0.29, 0.717) is 0 Å². The third-order valence-corrected chi connectivity index (χ3v) is 4.08. The van der Waals surface area contributed by atoms with Crippen LogP contribution in [0.1, 0.15) is 68.7 Å². The summed E-state index contributed by atoms with van der Waals surface area (Å²) in [6, 6.07) is -0.977. The van der Waals surface area contributed by atoms with Crippen LogP contribution >= 0.6 is 11.8 Å². The van der Waals surface area contributed by atoms with Crippen LogP contribution < -0.4 is 5.32 Å². The maximum absolute atomic E-state index is 12.4. The monoisotopic (exact) mass is 375 g/mol.